The molecule has 1 N–H and O–H groups in total. The number of piperidine rings is 1. The molecule has 118 valence electrons. The third-order valence-corrected chi connectivity index (χ3v) is 4.66. The summed E-state index contributed by atoms with van der Waals surface area (Å²) >= 11 is 0. The zero-order valence-corrected chi connectivity index (χ0v) is 13.3. The van der Waals surface area contributed by atoms with E-state index in [2.05, 4.69) is 33.1 Å². The van der Waals surface area contributed by atoms with E-state index in [1.807, 2.05) is 30.5 Å². The van der Waals surface area contributed by atoms with E-state index in [4.69, 9.17) is 4.98 Å². The van der Waals surface area contributed by atoms with Crippen LogP contribution in [-0.2, 0) is 6.54 Å². The minimum Gasteiger partial charge on any atom is -0.323 e. The Balaban J connectivity index is 1.68. The van der Waals surface area contributed by atoms with Gasteiger partial charge in [0.15, 0.2) is 5.82 Å². The molecule has 0 aliphatic carbocycles. The fourth-order valence-corrected chi connectivity index (χ4v) is 3.45. The number of nitrogens with zero attached hydrogens (tertiary/aromatic N) is 3. The fourth-order valence-electron chi connectivity index (χ4n) is 3.45. The SMILES string of the molecule is c1ccc(-c2nc3ccccc3n2CCC2CCCCN2)nc1. The molecule has 3 aromatic rings. The molecule has 0 amide bonds. The average Bonchev–Trinajstić information content (AvgIpc) is 3.00. The van der Waals surface area contributed by atoms with E-state index >= 15 is 0 Å². The predicted molar refractivity (Wildman–Crippen MR) is 93.2 cm³/mol. The van der Waals surface area contributed by atoms with Gasteiger partial charge in [-0.2, -0.15) is 0 Å². The van der Waals surface area contributed by atoms with E-state index in [0.29, 0.717) is 6.04 Å². The van der Waals surface area contributed by atoms with Gasteiger partial charge in [-0.3, -0.25) is 4.98 Å². The van der Waals surface area contributed by atoms with E-state index in [1.165, 1.54) is 24.8 Å². The topological polar surface area (TPSA) is 42.7 Å². The van der Waals surface area contributed by atoms with E-state index in [1.54, 1.807) is 0 Å². The van der Waals surface area contributed by atoms with E-state index in [0.717, 1.165) is 36.5 Å². The van der Waals surface area contributed by atoms with Crippen LogP contribution in [0.5, 0.6) is 0 Å². The molecular formula is C19H22N4. The predicted octanol–water partition coefficient (Wildman–Crippen LogP) is 3.63. The van der Waals surface area contributed by atoms with E-state index in [9.17, 15) is 0 Å². The Morgan fingerprint density at radius 2 is 2.00 bits per heavy atom. The standard InChI is InChI=1S/C19H22N4/c1-2-10-18-16(8-1)22-19(17-9-4-6-13-21-17)23(18)14-11-15-7-3-5-12-20-15/h1-2,4,6,8-10,13,15,20H,3,5,7,11-12,14H2. The minimum absolute atomic E-state index is 0.626. The van der Waals surface area contributed by atoms with Crippen LogP contribution < -0.4 is 5.32 Å². The Kier molecular flexibility index (Phi) is 4.07. The molecule has 4 heteroatoms. The van der Waals surface area contributed by atoms with Crippen molar-refractivity contribution in [3.63, 3.8) is 0 Å². The molecular weight excluding hydrogens is 284 g/mol. The van der Waals surface area contributed by atoms with Crippen LogP contribution in [0.3, 0.4) is 0 Å². The van der Waals surface area contributed by atoms with Gasteiger partial charge in [0.25, 0.3) is 0 Å². The highest BCUT2D eigenvalue weighted by Crippen LogP contribution is 2.24. The summed E-state index contributed by atoms with van der Waals surface area (Å²) in [7, 11) is 0. The normalized spacial score (nSPS) is 18.3. The smallest absolute Gasteiger partial charge is 0.159 e. The maximum absolute atomic E-state index is 4.83. The summed E-state index contributed by atoms with van der Waals surface area (Å²) in [4.78, 5) is 9.33. The maximum atomic E-state index is 4.83. The van der Waals surface area contributed by atoms with Crippen LogP contribution in [0.15, 0.2) is 48.7 Å². The van der Waals surface area contributed by atoms with Gasteiger partial charge in [0, 0.05) is 18.8 Å². The van der Waals surface area contributed by atoms with Crippen molar-refractivity contribution in [1.82, 2.24) is 19.9 Å². The van der Waals surface area contributed by atoms with Crippen LogP contribution in [0.2, 0.25) is 0 Å². The maximum Gasteiger partial charge on any atom is 0.159 e. The van der Waals surface area contributed by atoms with Crippen LogP contribution in [0.1, 0.15) is 25.7 Å². The molecule has 4 nitrogen and oxygen atoms in total. The number of rotatable bonds is 4. The van der Waals surface area contributed by atoms with Crippen molar-refractivity contribution in [2.45, 2.75) is 38.3 Å². The second-order valence-corrected chi connectivity index (χ2v) is 6.23. The van der Waals surface area contributed by atoms with Crippen LogP contribution in [0.4, 0.5) is 0 Å². The molecule has 0 saturated carbocycles. The largest absolute Gasteiger partial charge is 0.323 e. The van der Waals surface area contributed by atoms with Gasteiger partial charge >= 0.3 is 0 Å². The number of pyridine rings is 1. The number of nitrogens with one attached hydrogen (secondary N) is 1. The first-order valence-corrected chi connectivity index (χ1v) is 8.52. The quantitative estimate of drug-likeness (QED) is 0.800. The Bertz CT molecular complexity index is 772. The van der Waals surface area contributed by atoms with Gasteiger partial charge in [-0.1, -0.05) is 24.6 Å². The number of aryl methyl sites for hydroxylation is 1. The molecule has 1 aliphatic rings. The molecule has 23 heavy (non-hydrogen) atoms. The van der Waals surface area contributed by atoms with Crippen LogP contribution >= 0.6 is 0 Å². The van der Waals surface area contributed by atoms with Crippen molar-refractivity contribution >= 4 is 11.0 Å². The first kappa shape index (κ1) is 14.4. The summed E-state index contributed by atoms with van der Waals surface area (Å²) < 4.78 is 2.33. The zero-order chi connectivity index (χ0) is 15.5. The molecule has 0 bridgehead atoms. The van der Waals surface area contributed by atoms with Crippen molar-refractivity contribution < 1.29 is 0 Å². The van der Waals surface area contributed by atoms with Gasteiger partial charge in [0.05, 0.1) is 11.0 Å². The molecule has 1 atom stereocenters. The van der Waals surface area contributed by atoms with Crippen LogP contribution in [0, 0.1) is 0 Å². The second-order valence-electron chi connectivity index (χ2n) is 6.23. The number of aromatic nitrogens is 3. The number of hydrogen-bond donors (Lipinski definition) is 1. The highest BCUT2D eigenvalue weighted by Gasteiger charge is 2.16. The molecule has 1 unspecified atom stereocenters. The lowest BCUT2D eigenvalue weighted by molar-refractivity contribution is 0.368. The molecule has 4 rings (SSSR count). The Hall–Kier alpha value is -2.20. The Morgan fingerprint density at radius 1 is 1.09 bits per heavy atom. The monoisotopic (exact) mass is 306 g/mol. The molecule has 1 aromatic carbocycles. The van der Waals surface area contributed by atoms with Crippen molar-refractivity contribution in [3.8, 4) is 11.5 Å². The lowest BCUT2D eigenvalue weighted by atomic mass is 10.0. The van der Waals surface area contributed by atoms with Gasteiger partial charge in [-0.15, -0.1) is 0 Å². The van der Waals surface area contributed by atoms with Gasteiger partial charge in [-0.05, 0) is 50.1 Å². The van der Waals surface area contributed by atoms with Crippen LogP contribution in [0.25, 0.3) is 22.6 Å². The number of fused-ring (bicyclic) bond motifs is 1. The number of para-hydroxylation sites is 2. The number of benzene rings is 1. The molecule has 3 heterocycles. The molecule has 1 fully saturated rings. The summed E-state index contributed by atoms with van der Waals surface area (Å²) in [5.74, 6) is 0.975. The minimum atomic E-state index is 0.626. The van der Waals surface area contributed by atoms with Gasteiger partial charge < -0.3 is 9.88 Å². The second kappa shape index (κ2) is 6.50. The van der Waals surface area contributed by atoms with Crippen LogP contribution in [-0.4, -0.2) is 27.1 Å². The summed E-state index contributed by atoms with van der Waals surface area (Å²) in [6.07, 6.45) is 6.91. The average molecular weight is 306 g/mol. The molecule has 1 aliphatic heterocycles. The first-order valence-electron chi connectivity index (χ1n) is 8.52. The van der Waals surface area contributed by atoms with Crippen molar-refractivity contribution in [3.05, 3.63) is 48.7 Å². The fraction of sp³-hybridized carbons (Fsp3) is 0.368. The Labute approximate surface area is 136 Å². The van der Waals surface area contributed by atoms with Gasteiger partial charge in [-0.25, -0.2) is 4.98 Å². The molecule has 2 aromatic heterocycles. The Morgan fingerprint density at radius 3 is 2.83 bits per heavy atom. The summed E-state index contributed by atoms with van der Waals surface area (Å²) in [6, 6.07) is 15.0. The lowest BCUT2D eigenvalue weighted by Gasteiger charge is -2.24. The van der Waals surface area contributed by atoms with Crippen molar-refractivity contribution in [2.24, 2.45) is 0 Å². The highest BCUT2D eigenvalue weighted by molar-refractivity contribution is 5.79. The van der Waals surface area contributed by atoms with E-state index < -0.39 is 0 Å². The lowest BCUT2D eigenvalue weighted by Crippen LogP contribution is -2.34. The summed E-state index contributed by atoms with van der Waals surface area (Å²) in [5.41, 5.74) is 3.19. The van der Waals surface area contributed by atoms with E-state index in [-0.39, 0.29) is 0 Å². The zero-order valence-electron chi connectivity index (χ0n) is 13.3. The third kappa shape index (κ3) is 2.99. The summed E-state index contributed by atoms with van der Waals surface area (Å²) in [6.45, 7) is 2.13. The molecule has 0 spiro atoms. The highest BCUT2D eigenvalue weighted by atomic mass is 15.1. The third-order valence-electron chi connectivity index (χ3n) is 4.66. The van der Waals surface area contributed by atoms with Crippen molar-refractivity contribution in [1.29, 1.82) is 0 Å². The van der Waals surface area contributed by atoms with Gasteiger partial charge in [0.2, 0.25) is 0 Å². The van der Waals surface area contributed by atoms with Crippen molar-refractivity contribution in [2.75, 3.05) is 6.54 Å². The van der Waals surface area contributed by atoms with Gasteiger partial charge in [0.1, 0.15) is 5.69 Å². The molecule has 0 radical (unpaired) electrons. The first-order chi connectivity index (χ1) is 11.4. The molecule has 1 saturated heterocycles. The summed E-state index contributed by atoms with van der Waals surface area (Å²) in [5, 5.41) is 3.64. The number of hydrogen-bond acceptors (Lipinski definition) is 3. The number of imidazole rings is 1.